The van der Waals surface area contributed by atoms with E-state index < -0.39 is 34.1 Å². The van der Waals surface area contributed by atoms with Gasteiger partial charge in [0.2, 0.25) is 10.0 Å². The maximum Gasteiger partial charge on any atom is 0.251 e. The van der Waals surface area contributed by atoms with Gasteiger partial charge in [-0.1, -0.05) is 48.5 Å². The Morgan fingerprint density at radius 1 is 1.15 bits per heavy atom. The first-order valence-corrected chi connectivity index (χ1v) is 13.1. The van der Waals surface area contributed by atoms with Gasteiger partial charge in [-0.3, -0.25) is 4.79 Å². The van der Waals surface area contributed by atoms with E-state index in [-0.39, 0.29) is 29.4 Å². The molecule has 0 spiro atoms. The van der Waals surface area contributed by atoms with Crippen molar-refractivity contribution >= 4 is 15.9 Å². The number of aliphatic hydroxyl groups is 1. The van der Waals surface area contributed by atoms with Gasteiger partial charge in [-0.2, -0.15) is 0 Å². The monoisotopic (exact) mass is 472 g/mol. The summed E-state index contributed by atoms with van der Waals surface area (Å²) in [7, 11) is -3.50. The average Bonchev–Trinajstić information content (AvgIpc) is 3.61. The standard InChI is InChI=1S/C25H29FN2O4S/c1-15(29)25(30)28-19-12-18(13-19)24(27-33(31,32)20-10-11-20)22(28)14-17-8-5-9-21(23(17)26)16-6-3-2-4-7-16/h2-9,15,18-20,22,24,27,29H,10-14H2,1H3/t15-,18?,19?,22+,24+/m1/s1. The van der Waals surface area contributed by atoms with Crippen LogP contribution in [0.25, 0.3) is 11.1 Å². The molecule has 4 aliphatic rings. The van der Waals surface area contributed by atoms with Gasteiger partial charge in [0.05, 0.1) is 11.3 Å². The van der Waals surface area contributed by atoms with Crippen LogP contribution >= 0.6 is 0 Å². The molecule has 0 aromatic heterocycles. The number of aliphatic hydroxyl groups excluding tert-OH is 1. The summed E-state index contributed by atoms with van der Waals surface area (Å²) in [5.74, 6) is -0.693. The minimum Gasteiger partial charge on any atom is -0.384 e. The lowest BCUT2D eigenvalue weighted by Crippen LogP contribution is -2.71. The van der Waals surface area contributed by atoms with Crippen LogP contribution in [0.1, 0.15) is 38.2 Å². The van der Waals surface area contributed by atoms with Gasteiger partial charge in [-0.15, -0.1) is 0 Å². The van der Waals surface area contributed by atoms with Crippen LogP contribution in [0.15, 0.2) is 48.5 Å². The molecule has 3 atom stereocenters. The minimum atomic E-state index is -3.50. The molecule has 33 heavy (non-hydrogen) atoms. The topological polar surface area (TPSA) is 86.7 Å². The maximum atomic E-state index is 15.6. The van der Waals surface area contributed by atoms with Gasteiger partial charge in [-0.05, 0) is 56.1 Å². The van der Waals surface area contributed by atoms with Crippen molar-refractivity contribution in [2.75, 3.05) is 0 Å². The van der Waals surface area contributed by atoms with Crippen molar-refractivity contribution in [2.45, 2.75) is 68.5 Å². The third-order valence-corrected chi connectivity index (χ3v) is 9.24. The van der Waals surface area contributed by atoms with Gasteiger partial charge in [0, 0.05) is 17.6 Å². The molecular formula is C25H29FN2O4S. The maximum absolute atomic E-state index is 15.6. The molecule has 6 nitrogen and oxygen atoms in total. The van der Waals surface area contributed by atoms with Crippen molar-refractivity contribution in [3.05, 3.63) is 59.9 Å². The van der Waals surface area contributed by atoms with E-state index in [0.29, 0.717) is 36.8 Å². The number of carbonyl (C=O) groups is 1. The van der Waals surface area contributed by atoms with Crippen LogP contribution in [0.5, 0.6) is 0 Å². The second-order valence-corrected chi connectivity index (χ2v) is 11.6. The third-order valence-electron chi connectivity index (χ3n) is 7.29. The first-order chi connectivity index (χ1) is 15.8. The van der Waals surface area contributed by atoms with Gasteiger partial charge in [-0.25, -0.2) is 17.5 Å². The molecule has 6 rings (SSSR count). The van der Waals surface area contributed by atoms with E-state index in [1.54, 1.807) is 23.1 Å². The molecule has 2 N–H and O–H groups in total. The fraction of sp³-hybridized carbons (Fsp3) is 0.480. The SMILES string of the molecule is C[C@@H](O)C(=O)N1C2CC(C2)[C@H](NS(=O)(=O)C2CC2)[C@@H]1Cc1cccc(-c2ccccc2)c1F. The zero-order chi connectivity index (χ0) is 23.3. The average molecular weight is 473 g/mol. The number of fused-ring (bicyclic) bond motifs is 2. The fourth-order valence-corrected chi connectivity index (χ4v) is 7.01. The van der Waals surface area contributed by atoms with Gasteiger partial charge < -0.3 is 10.0 Å². The highest BCUT2D eigenvalue weighted by atomic mass is 32.2. The van der Waals surface area contributed by atoms with Gasteiger partial charge in [0.1, 0.15) is 11.9 Å². The molecule has 2 aromatic rings. The van der Waals surface area contributed by atoms with E-state index in [0.717, 1.165) is 5.56 Å². The lowest BCUT2D eigenvalue weighted by Gasteiger charge is -2.58. The summed E-state index contributed by atoms with van der Waals surface area (Å²) in [5.41, 5.74) is 1.66. The van der Waals surface area contributed by atoms with Crippen LogP contribution in [0.3, 0.4) is 0 Å². The highest BCUT2D eigenvalue weighted by Crippen LogP contribution is 2.45. The predicted octanol–water partition coefficient (Wildman–Crippen LogP) is 2.86. The Balaban J connectivity index is 1.50. The summed E-state index contributed by atoms with van der Waals surface area (Å²) in [6.07, 6.45) is 1.65. The molecule has 176 valence electrons. The van der Waals surface area contributed by atoms with Gasteiger partial charge >= 0.3 is 0 Å². The van der Waals surface area contributed by atoms with E-state index in [9.17, 15) is 18.3 Å². The van der Waals surface area contributed by atoms with Crippen molar-refractivity contribution in [3.63, 3.8) is 0 Å². The van der Waals surface area contributed by atoms with Gasteiger partial charge in [0.25, 0.3) is 5.91 Å². The molecule has 2 aromatic carbocycles. The van der Waals surface area contributed by atoms with Crippen molar-refractivity contribution in [2.24, 2.45) is 5.92 Å². The molecule has 2 saturated heterocycles. The number of benzene rings is 2. The Bertz CT molecular complexity index is 1140. The molecule has 4 fully saturated rings. The molecule has 0 radical (unpaired) electrons. The van der Waals surface area contributed by atoms with Crippen molar-refractivity contribution < 1.29 is 22.7 Å². The molecular weight excluding hydrogens is 443 g/mol. The van der Waals surface area contributed by atoms with Crippen LogP contribution in [-0.2, 0) is 21.2 Å². The van der Waals surface area contributed by atoms with Crippen LogP contribution in [-0.4, -0.2) is 53.8 Å². The molecule has 8 heteroatoms. The number of amides is 1. The van der Waals surface area contributed by atoms with E-state index in [1.165, 1.54) is 6.92 Å². The molecule has 2 aliphatic carbocycles. The number of sulfonamides is 1. The largest absolute Gasteiger partial charge is 0.384 e. The number of piperidine rings is 2. The van der Waals surface area contributed by atoms with Crippen LogP contribution < -0.4 is 4.72 Å². The number of carbonyl (C=O) groups excluding carboxylic acids is 1. The highest BCUT2D eigenvalue weighted by Gasteiger charge is 2.54. The molecule has 2 saturated carbocycles. The summed E-state index contributed by atoms with van der Waals surface area (Å²) in [4.78, 5) is 14.6. The normalized spacial score (nSPS) is 27.7. The van der Waals surface area contributed by atoms with E-state index in [2.05, 4.69) is 4.72 Å². The fourth-order valence-electron chi connectivity index (χ4n) is 5.34. The van der Waals surface area contributed by atoms with E-state index in [1.807, 2.05) is 30.3 Å². The summed E-state index contributed by atoms with van der Waals surface area (Å²) in [6, 6.07) is 13.3. The van der Waals surface area contributed by atoms with E-state index >= 15 is 4.39 Å². The lowest BCUT2D eigenvalue weighted by atomic mass is 9.66. The van der Waals surface area contributed by atoms with Crippen LogP contribution in [0.2, 0.25) is 0 Å². The Morgan fingerprint density at radius 3 is 2.48 bits per heavy atom. The van der Waals surface area contributed by atoms with E-state index in [4.69, 9.17) is 0 Å². The van der Waals surface area contributed by atoms with Crippen LogP contribution in [0.4, 0.5) is 4.39 Å². The summed E-state index contributed by atoms with van der Waals surface area (Å²) in [5, 5.41) is 9.67. The quantitative estimate of drug-likeness (QED) is 0.649. The number of hydrogen-bond donors (Lipinski definition) is 2. The summed E-state index contributed by atoms with van der Waals surface area (Å²) < 4.78 is 44.1. The first kappa shape index (κ1) is 22.5. The second-order valence-electron chi connectivity index (χ2n) is 9.61. The zero-order valence-corrected chi connectivity index (χ0v) is 19.3. The predicted molar refractivity (Wildman–Crippen MR) is 123 cm³/mol. The number of nitrogens with one attached hydrogen (secondary N) is 1. The number of hydrogen-bond acceptors (Lipinski definition) is 4. The van der Waals surface area contributed by atoms with Gasteiger partial charge in [0.15, 0.2) is 0 Å². The molecule has 2 heterocycles. The number of nitrogens with zero attached hydrogens (tertiary/aromatic N) is 1. The number of halogens is 1. The number of rotatable bonds is 7. The Kier molecular flexibility index (Phi) is 5.79. The Hall–Kier alpha value is -2.29. The lowest BCUT2D eigenvalue weighted by molar-refractivity contribution is -0.157. The van der Waals surface area contributed by atoms with Crippen molar-refractivity contribution in [1.29, 1.82) is 0 Å². The first-order valence-electron chi connectivity index (χ1n) is 11.6. The van der Waals surface area contributed by atoms with Crippen molar-refractivity contribution in [3.8, 4) is 11.1 Å². The molecule has 0 unspecified atom stereocenters. The Labute approximate surface area is 193 Å². The summed E-state index contributed by atoms with van der Waals surface area (Å²) in [6.45, 7) is 1.42. The highest BCUT2D eigenvalue weighted by molar-refractivity contribution is 7.90. The zero-order valence-electron chi connectivity index (χ0n) is 18.5. The Morgan fingerprint density at radius 2 is 1.85 bits per heavy atom. The second kappa shape index (κ2) is 8.49. The molecule has 2 bridgehead atoms. The van der Waals surface area contributed by atoms with Crippen LogP contribution in [0, 0.1) is 11.7 Å². The minimum absolute atomic E-state index is 0.0517. The third kappa shape index (κ3) is 4.20. The molecule has 1 amide bonds. The summed E-state index contributed by atoms with van der Waals surface area (Å²) >= 11 is 0. The van der Waals surface area contributed by atoms with Crippen molar-refractivity contribution in [1.82, 2.24) is 9.62 Å². The molecule has 2 aliphatic heterocycles. The smallest absolute Gasteiger partial charge is 0.251 e.